The number of carbonyl (C=O) groups is 1. The molecule has 0 radical (unpaired) electrons. The van der Waals surface area contributed by atoms with Gasteiger partial charge in [-0.2, -0.15) is 0 Å². The van der Waals surface area contributed by atoms with Gasteiger partial charge in [-0.05, 0) is 49.7 Å². The number of carbonyl (C=O) groups excluding carboxylic acids is 1. The molecule has 5 heteroatoms. The number of nitrogens with one attached hydrogen (secondary N) is 1. The zero-order valence-corrected chi connectivity index (χ0v) is 12.7. The van der Waals surface area contributed by atoms with E-state index in [4.69, 9.17) is 16.3 Å². The maximum Gasteiger partial charge on any atom is 0.333 e. The molecule has 0 aliphatic rings. The van der Waals surface area contributed by atoms with Crippen LogP contribution in [0.3, 0.4) is 0 Å². The van der Waals surface area contributed by atoms with Crippen LogP contribution in [0.5, 0.6) is 0 Å². The third kappa shape index (κ3) is 3.95. The molecule has 2 rings (SSSR count). The Morgan fingerprint density at radius 3 is 2.67 bits per heavy atom. The molecule has 0 spiro atoms. The van der Waals surface area contributed by atoms with Crippen molar-refractivity contribution in [3.63, 3.8) is 0 Å². The van der Waals surface area contributed by atoms with E-state index in [1.807, 2.05) is 25.1 Å². The number of benzene rings is 1. The molecule has 0 aliphatic heterocycles. The maximum absolute atomic E-state index is 12.2. The molecule has 0 saturated heterocycles. The highest BCUT2D eigenvalue weighted by Crippen LogP contribution is 2.24. The molecule has 0 aliphatic carbocycles. The number of aromatic nitrogens is 1. The van der Waals surface area contributed by atoms with Crippen molar-refractivity contribution in [3.8, 4) is 0 Å². The van der Waals surface area contributed by atoms with Gasteiger partial charge in [-0.15, -0.1) is 0 Å². The fraction of sp³-hybridized carbons (Fsp3) is 0.250. The number of ether oxygens (including phenoxy) is 1. The van der Waals surface area contributed by atoms with Gasteiger partial charge in [0.05, 0.1) is 6.61 Å². The summed E-state index contributed by atoms with van der Waals surface area (Å²) in [7, 11) is 0. The largest absolute Gasteiger partial charge is 0.464 e. The monoisotopic (exact) mass is 304 g/mol. The van der Waals surface area contributed by atoms with E-state index in [2.05, 4.69) is 10.3 Å². The molecule has 1 unspecified atom stereocenters. The summed E-state index contributed by atoms with van der Waals surface area (Å²) in [5.41, 5.74) is 2.57. The summed E-state index contributed by atoms with van der Waals surface area (Å²) >= 11 is 5.87. The average molecular weight is 305 g/mol. The van der Waals surface area contributed by atoms with Crippen LogP contribution < -0.4 is 5.32 Å². The van der Waals surface area contributed by atoms with E-state index in [1.165, 1.54) is 0 Å². The van der Waals surface area contributed by atoms with Gasteiger partial charge in [-0.25, -0.2) is 4.79 Å². The quantitative estimate of drug-likeness (QED) is 0.855. The van der Waals surface area contributed by atoms with E-state index in [0.29, 0.717) is 11.6 Å². The second kappa shape index (κ2) is 7.09. The molecule has 1 aromatic carbocycles. The van der Waals surface area contributed by atoms with Crippen LogP contribution >= 0.6 is 11.6 Å². The number of rotatable bonds is 5. The third-order valence-electron chi connectivity index (χ3n) is 3.07. The van der Waals surface area contributed by atoms with Crippen molar-refractivity contribution in [2.75, 3.05) is 11.9 Å². The van der Waals surface area contributed by atoms with Gasteiger partial charge in [0.25, 0.3) is 0 Å². The normalized spacial score (nSPS) is 11.8. The van der Waals surface area contributed by atoms with Gasteiger partial charge < -0.3 is 10.1 Å². The summed E-state index contributed by atoms with van der Waals surface area (Å²) in [6.45, 7) is 4.05. The number of nitrogens with zero attached hydrogens (tertiary/aromatic N) is 1. The van der Waals surface area contributed by atoms with E-state index in [0.717, 1.165) is 16.8 Å². The van der Waals surface area contributed by atoms with Crippen molar-refractivity contribution in [1.82, 2.24) is 4.98 Å². The molecular weight excluding hydrogens is 288 g/mol. The molecule has 21 heavy (non-hydrogen) atoms. The fourth-order valence-corrected chi connectivity index (χ4v) is 2.11. The van der Waals surface area contributed by atoms with E-state index >= 15 is 0 Å². The molecule has 1 aromatic heterocycles. The minimum atomic E-state index is -0.597. The zero-order chi connectivity index (χ0) is 15.2. The van der Waals surface area contributed by atoms with E-state index in [1.54, 1.807) is 31.5 Å². The number of hydrogen-bond acceptors (Lipinski definition) is 4. The maximum atomic E-state index is 12.2. The molecule has 0 saturated carbocycles. The molecule has 4 nitrogen and oxygen atoms in total. The molecule has 1 N–H and O–H groups in total. The van der Waals surface area contributed by atoms with Crippen LogP contribution in [-0.2, 0) is 9.53 Å². The molecule has 1 atom stereocenters. The first-order valence-corrected chi connectivity index (χ1v) is 7.09. The van der Waals surface area contributed by atoms with Gasteiger partial charge in [-0.3, -0.25) is 4.98 Å². The summed E-state index contributed by atoms with van der Waals surface area (Å²) in [4.78, 5) is 16.3. The van der Waals surface area contributed by atoms with Crippen LogP contribution in [-0.4, -0.2) is 17.6 Å². The predicted octanol–water partition coefficient (Wildman–Crippen LogP) is 3.76. The van der Waals surface area contributed by atoms with Gasteiger partial charge in [0.1, 0.15) is 0 Å². The Morgan fingerprint density at radius 1 is 1.33 bits per heavy atom. The molecule has 1 heterocycles. The molecular formula is C16H17ClN2O2. The number of hydrogen-bond donors (Lipinski definition) is 1. The van der Waals surface area contributed by atoms with Crippen molar-refractivity contribution < 1.29 is 9.53 Å². The zero-order valence-electron chi connectivity index (χ0n) is 12.0. The van der Waals surface area contributed by atoms with E-state index < -0.39 is 6.04 Å². The van der Waals surface area contributed by atoms with Crippen molar-refractivity contribution in [1.29, 1.82) is 0 Å². The summed E-state index contributed by atoms with van der Waals surface area (Å²) in [5.74, 6) is -0.330. The summed E-state index contributed by atoms with van der Waals surface area (Å²) in [6.07, 6.45) is 3.38. The molecule has 110 valence electrons. The Hall–Kier alpha value is -2.07. The van der Waals surface area contributed by atoms with Crippen molar-refractivity contribution in [2.45, 2.75) is 19.9 Å². The number of aryl methyl sites for hydroxylation is 1. The Kier molecular flexibility index (Phi) is 5.17. The number of anilines is 1. The highest BCUT2D eigenvalue weighted by atomic mass is 35.5. The van der Waals surface area contributed by atoms with Crippen LogP contribution in [0.4, 0.5) is 5.69 Å². The van der Waals surface area contributed by atoms with Crippen molar-refractivity contribution >= 4 is 23.3 Å². The molecule has 2 aromatic rings. The smallest absolute Gasteiger partial charge is 0.333 e. The van der Waals surface area contributed by atoms with Gasteiger partial charge in [0.15, 0.2) is 6.04 Å². The molecule has 0 fully saturated rings. The van der Waals surface area contributed by atoms with Crippen LogP contribution in [0, 0.1) is 6.92 Å². The summed E-state index contributed by atoms with van der Waals surface area (Å²) < 4.78 is 5.15. The van der Waals surface area contributed by atoms with Crippen molar-refractivity contribution in [2.24, 2.45) is 0 Å². The minimum Gasteiger partial charge on any atom is -0.464 e. The van der Waals surface area contributed by atoms with Crippen LogP contribution in [0.15, 0.2) is 42.7 Å². The van der Waals surface area contributed by atoms with E-state index in [9.17, 15) is 4.79 Å². The van der Waals surface area contributed by atoms with Crippen LogP contribution in [0.1, 0.15) is 24.1 Å². The minimum absolute atomic E-state index is 0.330. The lowest BCUT2D eigenvalue weighted by molar-refractivity contribution is -0.144. The predicted molar refractivity (Wildman–Crippen MR) is 83.4 cm³/mol. The number of pyridine rings is 1. The van der Waals surface area contributed by atoms with Gasteiger partial charge in [-0.1, -0.05) is 11.6 Å². The highest BCUT2D eigenvalue weighted by molar-refractivity contribution is 6.30. The topological polar surface area (TPSA) is 51.2 Å². The number of esters is 1. The summed E-state index contributed by atoms with van der Waals surface area (Å²) in [5, 5.41) is 3.82. The fourth-order valence-electron chi connectivity index (χ4n) is 1.98. The Bertz CT molecular complexity index is 614. The number of halogens is 1. The summed E-state index contributed by atoms with van der Waals surface area (Å²) in [6, 6.07) is 8.44. The Labute approximate surface area is 129 Å². The second-order valence-electron chi connectivity index (χ2n) is 4.57. The lowest BCUT2D eigenvalue weighted by atomic mass is 10.0. The van der Waals surface area contributed by atoms with Gasteiger partial charge in [0, 0.05) is 28.7 Å². The molecule has 0 amide bonds. The van der Waals surface area contributed by atoms with Crippen LogP contribution in [0.2, 0.25) is 5.02 Å². The van der Waals surface area contributed by atoms with Crippen molar-refractivity contribution in [3.05, 3.63) is 58.9 Å². The first-order chi connectivity index (χ1) is 10.1. The second-order valence-corrected chi connectivity index (χ2v) is 5.00. The highest BCUT2D eigenvalue weighted by Gasteiger charge is 2.23. The lowest BCUT2D eigenvalue weighted by Gasteiger charge is -2.20. The SMILES string of the molecule is CCOC(=O)C(Nc1ccc(Cl)cc1)c1cnccc1C. The first-order valence-electron chi connectivity index (χ1n) is 6.71. The Morgan fingerprint density at radius 2 is 2.05 bits per heavy atom. The van der Waals surface area contributed by atoms with Gasteiger partial charge >= 0.3 is 5.97 Å². The van der Waals surface area contributed by atoms with E-state index in [-0.39, 0.29) is 5.97 Å². The first kappa shape index (κ1) is 15.3. The van der Waals surface area contributed by atoms with Gasteiger partial charge in [0.2, 0.25) is 0 Å². The molecule has 0 bridgehead atoms. The third-order valence-corrected chi connectivity index (χ3v) is 3.32. The Balaban J connectivity index is 2.30. The lowest BCUT2D eigenvalue weighted by Crippen LogP contribution is -2.24. The standard InChI is InChI=1S/C16H17ClN2O2/c1-3-21-16(20)15(14-10-18-9-8-11(14)2)19-13-6-4-12(17)5-7-13/h4-10,15,19H,3H2,1-2H3. The average Bonchev–Trinajstić information content (AvgIpc) is 2.48. The van der Waals surface area contributed by atoms with Crippen LogP contribution in [0.25, 0.3) is 0 Å².